The predicted molar refractivity (Wildman–Crippen MR) is 109 cm³/mol. The maximum absolute atomic E-state index is 13.3. The van der Waals surface area contributed by atoms with E-state index < -0.39 is 0 Å². The highest BCUT2D eigenvalue weighted by molar-refractivity contribution is 7.17. The molecule has 2 aliphatic rings. The van der Waals surface area contributed by atoms with Crippen LogP contribution >= 0.6 is 11.3 Å². The first-order chi connectivity index (χ1) is 13.1. The number of carbonyl (C=O) groups excluding carboxylic acids is 2. The van der Waals surface area contributed by atoms with E-state index in [1.54, 1.807) is 23.5 Å². The number of nitrogens with one attached hydrogen (secondary N) is 1. The Bertz CT molecular complexity index is 839. The number of amides is 2. The van der Waals surface area contributed by atoms with Crippen LogP contribution in [0, 0.1) is 0 Å². The molecule has 0 saturated carbocycles. The van der Waals surface area contributed by atoms with E-state index in [0.717, 1.165) is 62.4 Å². The molecule has 27 heavy (non-hydrogen) atoms. The minimum Gasteiger partial charge on any atom is -0.336 e. The zero-order chi connectivity index (χ0) is 18.8. The Morgan fingerprint density at radius 2 is 1.70 bits per heavy atom. The number of benzene rings is 1. The van der Waals surface area contributed by atoms with Crippen molar-refractivity contribution in [1.82, 2.24) is 9.80 Å². The topological polar surface area (TPSA) is 52.6 Å². The number of anilines is 1. The van der Waals surface area contributed by atoms with Gasteiger partial charge >= 0.3 is 0 Å². The average molecular weight is 384 g/mol. The number of likely N-dealkylation sites (N-methyl/N-ethyl adjacent to an activating group) is 1. The number of carbonyl (C=O) groups is 2. The molecule has 5 nitrogen and oxygen atoms in total. The molecule has 0 unspecified atom stereocenters. The van der Waals surface area contributed by atoms with Crippen molar-refractivity contribution < 1.29 is 9.59 Å². The number of aryl methyl sites for hydroxylation is 1. The zero-order valence-electron chi connectivity index (χ0n) is 15.7. The third-order valence-corrected chi connectivity index (χ3v) is 6.65. The quantitative estimate of drug-likeness (QED) is 0.885. The molecule has 142 valence electrons. The van der Waals surface area contributed by atoms with Gasteiger partial charge in [0.15, 0.2) is 0 Å². The first-order valence-electron chi connectivity index (χ1n) is 9.62. The third kappa shape index (κ3) is 3.77. The fourth-order valence-electron chi connectivity index (χ4n) is 3.81. The molecule has 1 aliphatic carbocycles. The lowest BCUT2D eigenvalue weighted by molar-refractivity contribution is 0.0664. The van der Waals surface area contributed by atoms with Crippen molar-refractivity contribution in [3.8, 4) is 0 Å². The summed E-state index contributed by atoms with van der Waals surface area (Å²) in [5.74, 6) is -0.0764. The lowest BCUT2D eigenvalue weighted by atomic mass is 9.95. The second kappa shape index (κ2) is 7.82. The van der Waals surface area contributed by atoms with Crippen molar-refractivity contribution in [1.29, 1.82) is 0 Å². The standard InChI is InChI=1S/C21H25N3O2S/c1-23-11-13-24(14-12-23)21(26)18-16-9-5-6-10-17(16)27-20(18)22-19(25)15-7-3-2-4-8-15/h2-4,7-8H,5-6,9-14H2,1H3,(H,22,25). The van der Waals surface area contributed by atoms with Crippen LogP contribution in [0.2, 0.25) is 0 Å². The number of rotatable bonds is 3. The monoisotopic (exact) mass is 383 g/mol. The zero-order valence-corrected chi connectivity index (χ0v) is 16.5. The van der Waals surface area contributed by atoms with Gasteiger partial charge in [-0.15, -0.1) is 11.3 Å². The van der Waals surface area contributed by atoms with Crippen molar-refractivity contribution in [2.45, 2.75) is 25.7 Å². The molecule has 2 heterocycles. The van der Waals surface area contributed by atoms with Crippen LogP contribution in [-0.4, -0.2) is 54.8 Å². The van der Waals surface area contributed by atoms with E-state index in [1.165, 1.54) is 10.4 Å². The second-order valence-corrected chi connectivity index (χ2v) is 8.44. The Balaban J connectivity index is 1.64. The highest BCUT2D eigenvalue weighted by atomic mass is 32.1. The Hall–Kier alpha value is -2.18. The van der Waals surface area contributed by atoms with Crippen LogP contribution in [0.3, 0.4) is 0 Å². The van der Waals surface area contributed by atoms with E-state index in [4.69, 9.17) is 0 Å². The summed E-state index contributed by atoms with van der Waals surface area (Å²) in [6.07, 6.45) is 4.20. The van der Waals surface area contributed by atoms with E-state index >= 15 is 0 Å². The molecular weight excluding hydrogens is 358 g/mol. The first-order valence-corrected chi connectivity index (χ1v) is 10.4. The van der Waals surface area contributed by atoms with Gasteiger partial charge in [0.25, 0.3) is 11.8 Å². The van der Waals surface area contributed by atoms with Crippen molar-refractivity contribution >= 4 is 28.2 Å². The van der Waals surface area contributed by atoms with Gasteiger partial charge in [0.1, 0.15) is 5.00 Å². The predicted octanol–water partition coefficient (Wildman–Crippen LogP) is 3.27. The number of nitrogens with zero attached hydrogens (tertiary/aromatic N) is 2. The molecule has 1 saturated heterocycles. The Kier molecular flexibility index (Phi) is 5.27. The van der Waals surface area contributed by atoms with Crippen molar-refractivity contribution in [3.05, 3.63) is 51.9 Å². The fourth-order valence-corrected chi connectivity index (χ4v) is 5.09. The minimum absolute atomic E-state index is 0.0749. The normalized spacial score (nSPS) is 17.4. The van der Waals surface area contributed by atoms with Gasteiger partial charge < -0.3 is 15.1 Å². The molecule has 1 aromatic carbocycles. The molecule has 0 radical (unpaired) electrons. The van der Waals surface area contributed by atoms with E-state index in [0.29, 0.717) is 5.56 Å². The molecule has 2 aromatic rings. The van der Waals surface area contributed by atoms with Gasteiger partial charge in [0.2, 0.25) is 0 Å². The molecule has 6 heteroatoms. The summed E-state index contributed by atoms with van der Waals surface area (Å²) in [7, 11) is 2.08. The average Bonchev–Trinajstić information content (AvgIpc) is 3.06. The summed E-state index contributed by atoms with van der Waals surface area (Å²) in [5, 5.41) is 3.76. The molecule has 1 aromatic heterocycles. The summed E-state index contributed by atoms with van der Waals surface area (Å²) in [5.41, 5.74) is 2.52. The van der Waals surface area contributed by atoms with Gasteiger partial charge in [-0.25, -0.2) is 0 Å². The van der Waals surface area contributed by atoms with Gasteiger partial charge in [-0.3, -0.25) is 9.59 Å². The second-order valence-electron chi connectivity index (χ2n) is 7.33. The Labute approximate surface area is 164 Å². The molecular formula is C21H25N3O2S. The minimum atomic E-state index is -0.151. The maximum atomic E-state index is 13.3. The first kappa shape index (κ1) is 18.2. The number of hydrogen-bond donors (Lipinski definition) is 1. The largest absolute Gasteiger partial charge is 0.336 e. The van der Waals surface area contributed by atoms with E-state index in [-0.39, 0.29) is 11.8 Å². The summed E-state index contributed by atoms with van der Waals surface area (Å²) in [6, 6.07) is 9.19. The SMILES string of the molecule is CN1CCN(C(=O)c2c(NC(=O)c3ccccc3)sc3c2CCCC3)CC1. The molecule has 1 fully saturated rings. The summed E-state index contributed by atoms with van der Waals surface area (Å²) in [6.45, 7) is 3.27. The van der Waals surface area contributed by atoms with Gasteiger partial charge in [-0.05, 0) is 50.4 Å². The summed E-state index contributed by atoms with van der Waals surface area (Å²) >= 11 is 1.59. The third-order valence-electron chi connectivity index (χ3n) is 5.44. The van der Waals surface area contributed by atoms with Crippen LogP contribution < -0.4 is 5.32 Å². The molecule has 1 aliphatic heterocycles. The van der Waals surface area contributed by atoms with Gasteiger partial charge in [0.05, 0.1) is 5.56 Å². The fraction of sp³-hybridized carbons (Fsp3) is 0.429. The lowest BCUT2D eigenvalue weighted by Crippen LogP contribution is -2.47. The van der Waals surface area contributed by atoms with Crippen molar-refractivity contribution in [3.63, 3.8) is 0 Å². The number of fused-ring (bicyclic) bond motifs is 1. The van der Waals surface area contributed by atoms with Crippen LogP contribution in [0.1, 0.15) is 44.0 Å². The molecule has 0 atom stereocenters. The molecule has 1 N–H and O–H groups in total. The molecule has 4 rings (SSSR count). The maximum Gasteiger partial charge on any atom is 0.257 e. The van der Waals surface area contributed by atoms with Gasteiger partial charge in [-0.1, -0.05) is 18.2 Å². The summed E-state index contributed by atoms with van der Waals surface area (Å²) < 4.78 is 0. The highest BCUT2D eigenvalue weighted by Crippen LogP contribution is 2.39. The van der Waals surface area contributed by atoms with Gasteiger partial charge in [-0.2, -0.15) is 0 Å². The van der Waals surface area contributed by atoms with E-state index in [2.05, 4.69) is 17.3 Å². The van der Waals surface area contributed by atoms with Crippen LogP contribution in [0.4, 0.5) is 5.00 Å². The smallest absolute Gasteiger partial charge is 0.257 e. The van der Waals surface area contributed by atoms with Crippen molar-refractivity contribution in [2.24, 2.45) is 0 Å². The van der Waals surface area contributed by atoms with Crippen LogP contribution in [-0.2, 0) is 12.8 Å². The summed E-state index contributed by atoms with van der Waals surface area (Å²) in [4.78, 5) is 31.5. The van der Waals surface area contributed by atoms with Crippen LogP contribution in [0.15, 0.2) is 30.3 Å². The Morgan fingerprint density at radius 3 is 2.44 bits per heavy atom. The lowest BCUT2D eigenvalue weighted by Gasteiger charge is -2.33. The van der Waals surface area contributed by atoms with E-state index in [1.807, 2.05) is 23.1 Å². The number of piperazine rings is 1. The van der Waals surface area contributed by atoms with E-state index in [9.17, 15) is 9.59 Å². The van der Waals surface area contributed by atoms with Gasteiger partial charge in [0, 0.05) is 36.6 Å². The molecule has 2 amide bonds. The Morgan fingerprint density at radius 1 is 1.00 bits per heavy atom. The highest BCUT2D eigenvalue weighted by Gasteiger charge is 2.30. The van der Waals surface area contributed by atoms with Crippen LogP contribution in [0.5, 0.6) is 0 Å². The van der Waals surface area contributed by atoms with Crippen molar-refractivity contribution in [2.75, 3.05) is 38.5 Å². The molecule has 0 bridgehead atoms. The number of thiophene rings is 1. The number of hydrogen-bond acceptors (Lipinski definition) is 4. The van der Waals surface area contributed by atoms with Crippen LogP contribution in [0.25, 0.3) is 0 Å². The molecule has 0 spiro atoms.